The van der Waals surface area contributed by atoms with Crippen molar-refractivity contribution in [2.45, 2.75) is 48.0 Å². The Kier molecular flexibility index (Phi) is 17.7. The maximum Gasteiger partial charge on any atom is 0.152 e. The quantitative estimate of drug-likeness (QED) is 0.0968. The molecule has 4 aromatic heterocycles. The van der Waals surface area contributed by atoms with E-state index in [2.05, 4.69) is 55.7 Å². The molecule has 0 saturated carbocycles. The summed E-state index contributed by atoms with van der Waals surface area (Å²) < 4.78 is 63.9. The standard InChI is InChI=1S/C27H28N4O4S.C17H18ClN3O3S.C10H11NO.CH4/c1-18-19(2)30-24-5-4-21(15-22(18)24)35-26-6-7-29-25-16-27(20(17-28)14-23(25)26)34-11-3-8-31-9-12-36(32,33)13-10-31;18-15-2-3-20-16-11-17(13(12-19)10-14(15)16)24-7-1-4-21-5-8-25(22,23)9-6-21;1-6-7(2)11-10-4-3-8(12)5-9(6)10;/h4-7,14-16,30H,3,8-13H2,1-2H3;2-3,10-11H,1,4-9H2;3-5,11-12H,1-2H3;1H4. The van der Waals surface area contributed by atoms with E-state index in [0.717, 1.165) is 69.9 Å². The number of hydrogen-bond donors (Lipinski definition) is 3. The van der Waals surface area contributed by atoms with Crippen LogP contribution in [0.3, 0.4) is 0 Å². The Hall–Kier alpha value is -6.93. The predicted octanol–water partition coefficient (Wildman–Crippen LogP) is 9.88. The van der Waals surface area contributed by atoms with E-state index in [-0.39, 0.29) is 30.4 Å². The molecule has 3 N–H and O–H groups in total. The van der Waals surface area contributed by atoms with E-state index >= 15 is 0 Å². The minimum absolute atomic E-state index is 0. The minimum Gasteiger partial charge on any atom is -0.508 e. The van der Waals surface area contributed by atoms with Gasteiger partial charge in [0, 0.05) is 108 Å². The van der Waals surface area contributed by atoms with Crippen molar-refractivity contribution in [2.75, 3.05) is 75.5 Å². The van der Waals surface area contributed by atoms with Gasteiger partial charge in [-0.25, -0.2) is 16.8 Å². The highest BCUT2D eigenvalue weighted by molar-refractivity contribution is 7.91. The van der Waals surface area contributed by atoms with Crippen molar-refractivity contribution in [3.63, 3.8) is 0 Å². The first kappa shape index (κ1) is 54.8. The van der Waals surface area contributed by atoms with Crippen molar-refractivity contribution in [1.82, 2.24) is 29.7 Å². The van der Waals surface area contributed by atoms with E-state index in [0.29, 0.717) is 95.3 Å². The number of halogens is 1. The number of ether oxygens (including phenoxy) is 3. The van der Waals surface area contributed by atoms with Gasteiger partial charge < -0.3 is 39.1 Å². The van der Waals surface area contributed by atoms with Gasteiger partial charge in [-0.3, -0.25) is 9.97 Å². The summed E-state index contributed by atoms with van der Waals surface area (Å²) in [5, 5.41) is 32.6. The number of nitriles is 2. The molecule has 16 nitrogen and oxygen atoms in total. The lowest BCUT2D eigenvalue weighted by Gasteiger charge is -2.26. The first-order valence-electron chi connectivity index (χ1n) is 24.0. The second-order valence-electron chi connectivity index (χ2n) is 18.2. The molecule has 0 atom stereocenters. The largest absolute Gasteiger partial charge is 0.508 e. The molecule has 10 rings (SSSR count). The van der Waals surface area contributed by atoms with E-state index in [1.807, 2.05) is 38.1 Å². The highest BCUT2D eigenvalue weighted by atomic mass is 35.5. The molecule has 2 aliphatic rings. The normalized spacial score (nSPS) is 15.2. The molecule has 388 valence electrons. The number of pyridine rings is 2. The van der Waals surface area contributed by atoms with Gasteiger partial charge in [0.1, 0.15) is 40.9 Å². The third-order valence-corrected chi connectivity index (χ3v) is 16.8. The van der Waals surface area contributed by atoms with Gasteiger partial charge in [-0.2, -0.15) is 10.5 Å². The van der Waals surface area contributed by atoms with Crippen LogP contribution in [0.15, 0.2) is 85.2 Å². The summed E-state index contributed by atoms with van der Waals surface area (Å²) in [6.45, 7) is 12.9. The maximum atomic E-state index is 11.6. The Morgan fingerprint density at radius 1 is 0.622 bits per heavy atom. The summed E-state index contributed by atoms with van der Waals surface area (Å²) in [5.41, 5.74) is 9.04. The minimum atomic E-state index is -2.88. The molecule has 0 spiro atoms. The third-order valence-electron chi connectivity index (χ3n) is 13.3. The van der Waals surface area contributed by atoms with E-state index in [9.17, 15) is 32.5 Å². The van der Waals surface area contributed by atoms with Crippen molar-refractivity contribution in [2.24, 2.45) is 0 Å². The average molecular weight is 1060 g/mol. The van der Waals surface area contributed by atoms with Gasteiger partial charge in [-0.05, 0) is 112 Å². The smallest absolute Gasteiger partial charge is 0.152 e. The number of benzene rings is 4. The first-order valence-corrected chi connectivity index (χ1v) is 28.0. The van der Waals surface area contributed by atoms with E-state index in [1.54, 1.807) is 60.9 Å². The van der Waals surface area contributed by atoms with Crippen LogP contribution in [0.25, 0.3) is 43.6 Å². The second-order valence-corrected chi connectivity index (χ2v) is 23.3. The number of hydrogen-bond acceptors (Lipinski definition) is 14. The molecule has 74 heavy (non-hydrogen) atoms. The highest BCUT2D eigenvalue weighted by Crippen LogP contribution is 2.35. The number of H-pyrrole nitrogens is 2. The molecule has 19 heteroatoms. The van der Waals surface area contributed by atoms with Gasteiger partial charge in [0.25, 0.3) is 0 Å². The number of sulfone groups is 2. The molecule has 2 aliphatic heterocycles. The van der Waals surface area contributed by atoms with Crippen LogP contribution < -0.4 is 14.2 Å². The van der Waals surface area contributed by atoms with Crippen LogP contribution in [0, 0.1) is 50.4 Å². The molecule has 6 heterocycles. The monoisotopic (exact) mass is 1060 g/mol. The predicted molar refractivity (Wildman–Crippen MR) is 292 cm³/mol. The van der Waals surface area contributed by atoms with Gasteiger partial charge in [0.05, 0.1) is 63.4 Å². The Morgan fingerprint density at radius 2 is 1.09 bits per heavy atom. The highest BCUT2D eigenvalue weighted by Gasteiger charge is 2.22. The lowest BCUT2D eigenvalue weighted by molar-refractivity contribution is 0.245. The fourth-order valence-corrected chi connectivity index (χ4v) is 11.5. The Morgan fingerprint density at radius 3 is 1.62 bits per heavy atom. The molecule has 0 amide bonds. The van der Waals surface area contributed by atoms with Crippen LogP contribution in [-0.2, 0) is 19.7 Å². The van der Waals surface area contributed by atoms with E-state index < -0.39 is 19.7 Å². The Bertz CT molecular complexity index is 3610. The van der Waals surface area contributed by atoms with Crippen LogP contribution in [-0.4, -0.2) is 127 Å². The van der Waals surface area contributed by atoms with Gasteiger partial charge in [-0.15, -0.1) is 0 Å². The number of rotatable bonds is 12. The van der Waals surface area contributed by atoms with E-state index in [1.165, 1.54) is 11.1 Å². The van der Waals surface area contributed by atoms with Crippen LogP contribution in [0.5, 0.6) is 28.7 Å². The number of aromatic hydroxyl groups is 1. The van der Waals surface area contributed by atoms with Crippen LogP contribution >= 0.6 is 11.6 Å². The fourth-order valence-electron chi connectivity index (χ4n) is 8.76. The number of phenolic OH excluding ortho intramolecular Hbond substituents is 1. The average Bonchev–Trinajstić information content (AvgIpc) is 3.82. The summed E-state index contributed by atoms with van der Waals surface area (Å²) in [4.78, 5) is 19.6. The topological polar surface area (TPSA) is 228 Å². The Labute approximate surface area is 437 Å². The molecule has 2 fully saturated rings. The Balaban J connectivity index is 0.000000181. The molecular formula is C55H61ClN8O8S2. The van der Waals surface area contributed by atoms with Crippen molar-refractivity contribution in [3.8, 4) is 40.9 Å². The van der Waals surface area contributed by atoms with Gasteiger partial charge in [0.2, 0.25) is 0 Å². The zero-order valence-electron chi connectivity index (χ0n) is 41.2. The molecule has 0 radical (unpaired) electrons. The number of phenols is 1. The maximum absolute atomic E-state index is 11.6. The number of fused-ring (bicyclic) bond motifs is 4. The summed E-state index contributed by atoms with van der Waals surface area (Å²) in [7, 11) is -5.73. The van der Waals surface area contributed by atoms with Crippen molar-refractivity contribution < 1.29 is 36.2 Å². The summed E-state index contributed by atoms with van der Waals surface area (Å²) in [6.07, 6.45) is 4.79. The van der Waals surface area contributed by atoms with Crippen LogP contribution in [0.2, 0.25) is 5.02 Å². The molecular weight excluding hydrogens is 1000 g/mol. The van der Waals surface area contributed by atoms with Crippen molar-refractivity contribution in [3.05, 3.63) is 124 Å². The van der Waals surface area contributed by atoms with Gasteiger partial charge in [-0.1, -0.05) is 19.0 Å². The fraction of sp³-hybridized carbons (Fsp3) is 0.345. The number of aromatic nitrogens is 4. The molecule has 0 bridgehead atoms. The molecule has 0 aliphatic carbocycles. The first-order chi connectivity index (χ1) is 35.0. The summed E-state index contributed by atoms with van der Waals surface area (Å²) in [6, 6.07) is 26.1. The number of aromatic amines is 2. The zero-order valence-corrected chi connectivity index (χ0v) is 43.6. The third kappa shape index (κ3) is 13.4. The lowest BCUT2D eigenvalue weighted by atomic mass is 10.1. The van der Waals surface area contributed by atoms with E-state index in [4.69, 9.17) is 25.8 Å². The second kappa shape index (κ2) is 24.0. The van der Waals surface area contributed by atoms with Crippen molar-refractivity contribution in [1.29, 1.82) is 10.5 Å². The SMILES string of the molecule is C.Cc1[nH]c2ccc(O)cc2c1C.Cc1[nH]c2ccc(Oc3ccnc4cc(OCCCN5CCS(=O)(=O)CC5)c(C#N)cc34)cc2c1C.N#Cc1cc2c(Cl)ccnc2cc1OCCCN1CCS(=O)(=O)CC1. The van der Waals surface area contributed by atoms with Crippen LogP contribution in [0.1, 0.15) is 53.9 Å². The van der Waals surface area contributed by atoms with Gasteiger partial charge >= 0.3 is 0 Å². The zero-order chi connectivity index (χ0) is 51.9. The number of nitrogens with one attached hydrogen (secondary N) is 2. The molecule has 8 aromatic rings. The number of nitrogens with zero attached hydrogens (tertiary/aromatic N) is 6. The molecule has 4 aromatic carbocycles. The lowest BCUT2D eigenvalue weighted by Crippen LogP contribution is -2.40. The van der Waals surface area contributed by atoms with Gasteiger partial charge in [0.15, 0.2) is 19.7 Å². The molecule has 2 saturated heterocycles. The number of aryl methyl sites for hydroxylation is 4. The summed E-state index contributed by atoms with van der Waals surface area (Å²) >= 11 is 6.13. The van der Waals surface area contributed by atoms with Crippen LogP contribution in [0.4, 0.5) is 0 Å². The molecule has 0 unspecified atom stereocenters. The van der Waals surface area contributed by atoms with Crippen molar-refractivity contribution >= 4 is 74.9 Å². The summed E-state index contributed by atoms with van der Waals surface area (Å²) in [5.74, 6) is 3.50.